The van der Waals surface area contributed by atoms with Crippen LogP contribution in [0.4, 0.5) is 0 Å². The van der Waals surface area contributed by atoms with Crippen molar-refractivity contribution >= 4 is 31.9 Å². The van der Waals surface area contributed by atoms with Crippen LogP contribution in [0, 0.1) is 6.92 Å². The summed E-state index contributed by atoms with van der Waals surface area (Å²) in [5.41, 5.74) is -0.416. The molecule has 0 unspecified atom stereocenters. The van der Waals surface area contributed by atoms with E-state index >= 15 is 0 Å². The number of carbonyl (C=O) groups is 1. The molecule has 1 amide bonds. The minimum Gasteiger partial charge on any atom is -0.343 e. The van der Waals surface area contributed by atoms with Crippen molar-refractivity contribution in [3.05, 3.63) is 28.2 Å². The molecule has 0 bridgehead atoms. The normalized spacial score (nSPS) is 19.9. The Kier molecular flexibility index (Phi) is 4.21. The fourth-order valence-corrected chi connectivity index (χ4v) is 5.09. The molecule has 0 atom stereocenters. The van der Waals surface area contributed by atoms with Gasteiger partial charge in [-0.25, -0.2) is 8.42 Å². The number of halogens is 1. The quantitative estimate of drug-likeness (QED) is 0.795. The minimum absolute atomic E-state index is 0.190. The van der Waals surface area contributed by atoms with E-state index in [9.17, 15) is 13.2 Å². The smallest absolute Gasteiger partial charge is 0.244 e. The maximum Gasteiger partial charge on any atom is 0.244 e. The van der Waals surface area contributed by atoms with E-state index in [1.807, 2.05) is 0 Å². The molecule has 0 aliphatic carbocycles. The first kappa shape index (κ1) is 16.5. The number of piperazine rings is 1. The van der Waals surface area contributed by atoms with Gasteiger partial charge in [-0.05, 0) is 38.5 Å². The number of hydrogen-bond donors (Lipinski definition) is 0. The molecule has 1 fully saturated rings. The maximum absolute atomic E-state index is 13.0. The second-order valence-electron chi connectivity index (χ2n) is 5.77. The Hall–Kier alpha value is -0.920. The summed E-state index contributed by atoms with van der Waals surface area (Å²) in [5.74, 6) is -0.190. The number of aryl methyl sites for hydroxylation is 1. The molecule has 0 saturated carbocycles. The van der Waals surface area contributed by atoms with Gasteiger partial charge >= 0.3 is 0 Å². The fraction of sp³-hybridized carbons (Fsp3) is 0.500. The topological polar surface area (TPSA) is 57.7 Å². The molecule has 1 aliphatic heterocycles. The standard InChI is InChI=1S/C14H19BrN2O3S/c1-10-5-6-11(15)9-12(10)21(19,20)17-8-7-16(4)13(18)14(17,2)3/h5-6,9H,7-8H2,1-4H3. The van der Waals surface area contributed by atoms with Crippen LogP contribution in [0.1, 0.15) is 19.4 Å². The summed E-state index contributed by atoms with van der Waals surface area (Å²) in [7, 11) is -2.03. The van der Waals surface area contributed by atoms with E-state index in [0.717, 1.165) is 0 Å². The van der Waals surface area contributed by atoms with Gasteiger partial charge in [0.15, 0.2) is 0 Å². The fourth-order valence-electron chi connectivity index (χ4n) is 2.59. The predicted octanol–water partition coefficient (Wildman–Crippen LogP) is 2.00. The van der Waals surface area contributed by atoms with Crippen LogP contribution in [0.25, 0.3) is 0 Å². The van der Waals surface area contributed by atoms with Crippen molar-refractivity contribution < 1.29 is 13.2 Å². The molecule has 0 spiro atoms. The molecule has 1 heterocycles. The third kappa shape index (κ3) is 2.74. The number of likely N-dealkylation sites (N-methyl/N-ethyl adjacent to an activating group) is 1. The molecule has 5 nitrogen and oxygen atoms in total. The van der Waals surface area contributed by atoms with Gasteiger partial charge in [0, 0.05) is 24.6 Å². The first-order valence-corrected chi connectivity index (χ1v) is 8.86. The van der Waals surface area contributed by atoms with E-state index < -0.39 is 15.6 Å². The highest BCUT2D eigenvalue weighted by Gasteiger charge is 2.47. The summed E-state index contributed by atoms with van der Waals surface area (Å²) in [6.07, 6.45) is 0. The molecule has 7 heteroatoms. The highest BCUT2D eigenvalue weighted by atomic mass is 79.9. The van der Waals surface area contributed by atoms with E-state index in [1.165, 1.54) is 4.31 Å². The average molecular weight is 375 g/mol. The highest BCUT2D eigenvalue weighted by molar-refractivity contribution is 9.10. The molecular formula is C14H19BrN2O3S. The Morgan fingerprint density at radius 1 is 1.24 bits per heavy atom. The highest BCUT2D eigenvalue weighted by Crippen LogP contribution is 2.31. The van der Waals surface area contributed by atoms with Crippen LogP contribution in [-0.2, 0) is 14.8 Å². The lowest BCUT2D eigenvalue weighted by atomic mass is 10.0. The summed E-state index contributed by atoms with van der Waals surface area (Å²) in [4.78, 5) is 14.1. The molecule has 1 saturated heterocycles. The van der Waals surface area contributed by atoms with E-state index in [4.69, 9.17) is 0 Å². The lowest BCUT2D eigenvalue weighted by Crippen LogP contribution is -2.63. The number of rotatable bonds is 2. The molecule has 1 aromatic rings. The minimum atomic E-state index is -3.72. The van der Waals surface area contributed by atoms with Gasteiger partial charge < -0.3 is 4.90 Å². The molecule has 1 aromatic carbocycles. The van der Waals surface area contributed by atoms with Crippen molar-refractivity contribution in [1.29, 1.82) is 0 Å². The molecule has 116 valence electrons. The second kappa shape index (κ2) is 5.37. The Morgan fingerprint density at radius 2 is 1.86 bits per heavy atom. The third-order valence-corrected chi connectivity index (χ3v) is 6.56. The Balaban J connectivity index is 2.54. The molecule has 1 aliphatic rings. The monoisotopic (exact) mass is 374 g/mol. The Bertz CT molecular complexity index is 685. The molecule has 21 heavy (non-hydrogen) atoms. The number of carbonyl (C=O) groups excluding carboxylic acids is 1. The van der Waals surface area contributed by atoms with Crippen molar-refractivity contribution in [3.63, 3.8) is 0 Å². The first-order valence-electron chi connectivity index (χ1n) is 6.63. The number of nitrogens with zero attached hydrogens (tertiary/aromatic N) is 2. The van der Waals surface area contributed by atoms with Crippen LogP contribution in [0.2, 0.25) is 0 Å². The second-order valence-corrected chi connectivity index (χ2v) is 8.52. The third-order valence-electron chi connectivity index (χ3n) is 3.85. The maximum atomic E-state index is 13.0. The number of sulfonamides is 1. The van der Waals surface area contributed by atoms with Crippen LogP contribution < -0.4 is 0 Å². The lowest BCUT2D eigenvalue weighted by molar-refractivity contribution is -0.142. The van der Waals surface area contributed by atoms with Crippen molar-refractivity contribution in [2.45, 2.75) is 31.2 Å². The average Bonchev–Trinajstić information content (AvgIpc) is 2.38. The van der Waals surface area contributed by atoms with Crippen molar-refractivity contribution in [2.24, 2.45) is 0 Å². The van der Waals surface area contributed by atoms with E-state index in [0.29, 0.717) is 23.1 Å². The van der Waals surface area contributed by atoms with Gasteiger partial charge in [0.2, 0.25) is 15.9 Å². The molecule has 0 aromatic heterocycles. The van der Waals surface area contributed by atoms with Crippen LogP contribution >= 0.6 is 15.9 Å². The van der Waals surface area contributed by atoms with Gasteiger partial charge in [-0.15, -0.1) is 0 Å². The molecular weight excluding hydrogens is 356 g/mol. The SMILES string of the molecule is Cc1ccc(Br)cc1S(=O)(=O)N1CCN(C)C(=O)C1(C)C. The Labute approximate surface area is 134 Å². The summed E-state index contributed by atoms with van der Waals surface area (Å²) in [6.45, 7) is 5.74. The summed E-state index contributed by atoms with van der Waals surface area (Å²) in [5, 5.41) is 0. The zero-order chi connectivity index (χ0) is 16.0. The predicted molar refractivity (Wildman–Crippen MR) is 84.5 cm³/mol. The summed E-state index contributed by atoms with van der Waals surface area (Å²) >= 11 is 3.30. The van der Waals surface area contributed by atoms with Gasteiger partial charge in [-0.1, -0.05) is 22.0 Å². The van der Waals surface area contributed by atoms with Crippen molar-refractivity contribution in [3.8, 4) is 0 Å². The van der Waals surface area contributed by atoms with E-state index in [-0.39, 0.29) is 10.8 Å². The number of benzene rings is 1. The zero-order valence-corrected chi connectivity index (χ0v) is 15.0. The summed E-state index contributed by atoms with van der Waals surface area (Å²) in [6, 6.07) is 5.14. The molecule has 2 rings (SSSR count). The van der Waals surface area contributed by atoms with E-state index in [2.05, 4.69) is 15.9 Å². The van der Waals surface area contributed by atoms with Crippen LogP contribution in [-0.4, -0.2) is 49.2 Å². The zero-order valence-electron chi connectivity index (χ0n) is 12.6. The van der Waals surface area contributed by atoms with Crippen molar-refractivity contribution in [1.82, 2.24) is 9.21 Å². The summed E-state index contributed by atoms with van der Waals surface area (Å²) < 4.78 is 27.9. The van der Waals surface area contributed by atoms with E-state index in [1.54, 1.807) is 50.9 Å². The molecule has 0 N–H and O–H groups in total. The van der Waals surface area contributed by atoms with Crippen LogP contribution in [0.3, 0.4) is 0 Å². The number of hydrogen-bond acceptors (Lipinski definition) is 3. The first-order chi connectivity index (χ1) is 9.58. The molecule has 0 radical (unpaired) electrons. The van der Waals surface area contributed by atoms with Gasteiger partial charge in [-0.2, -0.15) is 4.31 Å². The Morgan fingerprint density at radius 3 is 2.48 bits per heavy atom. The van der Waals surface area contributed by atoms with Crippen molar-refractivity contribution in [2.75, 3.05) is 20.1 Å². The van der Waals surface area contributed by atoms with Gasteiger partial charge in [0.25, 0.3) is 0 Å². The number of amides is 1. The van der Waals surface area contributed by atoms with Gasteiger partial charge in [-0.3, -0.25) is 4.79 Å². The van der Waals surface area contributed by atoms with Gasteiger partial charge in [0.05, 0.1) is 4.90 Å². The van der Waals surface area contributed by atoms with Crippen LogP contribution in [0.15, 0.2) is 27.6 Å². The lowest BCUT2D eigenvalue weighted by Gasteiger charge is -2.43. The largest absolute Gasteiger partial charge is 0.343 e. The van der Waals surface area contributed by atoms with Gasteiger partial charge in [0.1, 0.15) is 5.54 Å². The van der Waals surface area contributed by atoms with Crippen LogP contribution in [0.5, 0.6) is 0 Å².